The highest BCUT2D eigenvalue weighted by atomic mass is 28.3. The maximum Gasteiger partial charge on any atom is 0.0803 e. The van der Waals surface area contributed by atoms with Gasteiger partial charge < -0.3 is 0 Å². The molecule has 107 valence electrons. The van der Waals surface area contributed by atoms with Gasteiger partial charge in [-0.1, -0.05) is 18.3 Å². The molecule has 2 rings (SSSR count). The third kappa shape index (κ3) is 1.95. The van der Waals surface area contributed by atoms with Gasteiger partial charge in [-0.05, 0) is 98.2 Å². The predicted octanol–water partition coefficient (Wildman–Crippen LogP) is 4.96. The molecule has 0 spiro atoms. The minimum absolute atomic E-state index is 0.474. The van der Waals surface area contributed by atoms with Crippen molar-refractivity contribution < 1.29 is 0 Å². The molecule has 0 aliphatic heterocycles. The van der Waals surface area contributed by atoms with Crippen molar-refractivity contribution in [1.82, 2.24) is 0 Å². The second kappa shape index (κ2) is 5.03. The van der Waals surface area contributed by atoms with Gasteiger partial charge in [0.15, 0.2) is 0 Å². The molecule has 0 bridgehead atoms. The van der Waals surface area contributed by atoms with Crippen LogP contribution in [-0.2, 0) is 0 Å². The molecule has 0 N–H and O–H groups in total. The highest BCUT2D eigenvalue weighted by molar-refractivity contribution is 6.74. The number of fused-ring (bicyclic) bond motifs is 1. The molecule has 1 radical (unpaired) electrons. The van der Waals surface area contributed by atoms with Gasteiger partial charge in [-0.2, -0.15) is 0 Å². The molecule has 0 unspecified atom stereocenters. The Morgan fingerprint density at radius 3 is 1.20 bits per heavy atom. The van der Waals surface area contributed by atoms with E-state index in [1.54, 1.807) is 10.6 Å². The van der Waals surface area contributed by atoms with Crippen molar-refractivity contribution >= 4 is 24.8 Å². The lowest BCUT2D eigenvalue weighted by atomic mass is 9.86. The smallest absolute Gasteiger partial charge is 0.0671 e. The minimum Gasteiger partial charge on any atom is -0.0671 e. The molecule has 0 aromatic heterocycles. The maximum atomic E-state index is 2.42. The van der Waals surface area contributed by atoms with Crippen LogP contribution in [-0.4, -0.2) is 8.80 Å². The summed E-state index contributed by atoms with van der Waals surface area (Å²) in [6.45, 7) is 20.9. The monoisotopic (exact) mass is 283 g/mol. The normalized spacial score (nSPS) is 11.7. The van der Waals surface area contributed by atoms with Crippen molar-refractivity contribution in [1.29, 1.82) is 0 Å². The highest BCUT2D eigenvalue weighted by Gasteiger charge is 2.20. The first-order valence-electron chi connectivity index (χ1n) is 7.50. The van der Waals surface area contributed by atoms with Crippen LogP contribution in [0, 0.1) is 48.5 Å². The van der Waals surface area contributed by atoms with Gasteiger partial charge >= 0.3 is 0 Å². The zero-order chi connectivity index (χ0) is 15.4. The van der Waals surface area contributed by atoms with Gasteiger partial charge in [0.25, 0.3) is 0 Å². The molecule has 20 heavy (non-hydrogen) atoms. The van der Waals surface area contributed by atoms with Crippen molar-refractivity contribution in [3.05, 3.63) is 38.9 Å². The SMILES string of the molecule is Cc1c(C)c(C)c2c([Si](C)C)c(C)c(C)c(C)c2c1C. The Morgan fingerprint density at radius 2 is 0.800 bits per heavy atom. The number of benzene rings is 2. The summed E-state index contributed by atoms with van der Waals surface area (Å²) in [7, 11) is -0.474. The third-order valence-electron chi connectivity index (χ3n) is 5.31. The topological polar surface area (TPSA) is 0 Å². The first-order valence-corrected chi connectivity index (χ1v) is 10.0. The first kappa shape index (κ1) is 15.3. The molecule has 0 amide bonds. The van der Waals surface area contributed by atoms with Gasteiger partial charge in [-0.3, -0.25) is 0 Å². The average Bonchev–Trinajstić information content (AvgIpc) is 2.39. The fourth-order valence-electron chi connectivity index (χ4n) is 3.56. The van der Waals surface area contributed by atoms with E-state index in [1.807, 2.05) is 0 Å². The van der Waals surface area contributed by atoms with Crippen LogP contribution in [0.2, 0.25) is 13.1 Å². The minimum atomic E-state index is -0.474. The van der Waals surface area contributed by atoms with Crippen molar-refractivity contribution in [3.63, 3.8) is 0 Å². The Morgan fingerprint density at radius 1 is 0.450 bits per heavy atom. The zero-order valence-electron chi connectivity index (χ0n) is 14.5. The molecule has 0 atom stereocenters. The van der Waals surface area contributed by atoms with E-state index in [2.05, 4.69) is 61.6 Å². The molecule has 0 heterocycles. The van der Waals surface area contributed by atoms with Crippen LogP contribution >= 0.6 is 0 Å². The third-order valence-corrected chi connectivity index (χ3v) is 6.94. The van der Waals surface area contributed by atoms with Gasteiger partial charge in [0.1, 0.15) is 0 Å². The Kier molecular flexibility index (Phi) is 3.85. The second-order valence-corrected chi connectivity index (χ2v) is 9.00. The summed E-state index contributed by atoms with van der Waals surface area (Å²) < 4.78 is 0. The van der Waals surface area contributed by atoms with Crippen molar-refractivity contribution in [3.8, 4) is 0 Å². The summed E-state index contributed by atoms with van der Waals surface area (Å²) in [6.07, 6.45) is 0. The molecule has 2 aromatic carbocycles. The van der Waals surface area contributed by atoms with E-state index in [-0.39, 0.29) is 0 Å². The highest BCUT2D eigenvalue weighted by Crippen LogP contribution is 2.33. The van der Waals surface area contributed by atoms with E-state index in [0.29, 0.717) is 0 Å². The standard InChI is InChI=1S/C19H27Si/c1-10-11(2)15(6)18-17(13(10)4)14(5)12(3)16(7)19(18)20(8)9/h1-9H3. The Labute approximate surface area is 125 Å². The molecule has 2 aromatic rings. The molecule has 0 aliphatic carbocycles. The molecule has 0 saturated heterocycles. The summed E-state index contributed by atoms with van der Waals surface area (Å²) in [5.41, 5.74) is 10.4. The van der Waals surface area contributed by atoms with Crippen LogP contribution < -0.4 is 5.19 Å². The summed E-state index contributed by atoms with van der Waals surface area (Å²) in [5.74, 6) is 0. The summed E-state index contributed by atoms with van der Waals surface area (Å²) in [6, 6.07) is 0. The van der Waals surface area contributed by atoms with E-state index in [0.717, 1.165) is 0 Å². The Bertz CT molecular complexity index is 698. The Hall–Kier alpha value is -1.08. The quantitative estimate of drug-likeness (QED) is 0.649. The lowest BCUT2D eigenvalue weighted by Crippen LogP contribution is -2.29. The van der Waals surface area contributed by atoms with Gasteiger partial charge in [0.05, 0.1) is 8.80 Å². The van der Waals surface area contributed by atoms with E-state index in [4.69, 9.17) is 0 Å². The summed E-state index contributed by atoms with van der Waals surface area (Å²) >= 11 is 0. The number of hydrogen-bond acceptors (Lipinski definition) is 0. The van der Waals surface area contributed by atoms with Crippen molar-refractivity contribution in [2.24, 2.45) is 0 Å². The largest absolute Gasteiger partial charge is 0.0803 e. The van der Waals surface area contributed by atoms with E-state index >= 15 is 0 Å². The second-order valence-electron chi connectivity index (χ2n) is 6.50. The number of aryl methyl sites for hydroxylation is 3. The van der Waals surface area contributed by atoms with E-state index in [1.165, 1.54) is 44.3 Å². The van der Waals surface area contributed by atoms with Gasteiger partial charge in [-0.25, -0.2) is 0 Å². The van der Waals surface area contributed by atoms with Crippen LogP contribution in [0.3, 0.4) is 0 Å². The van der Waals surface area contributed by atoms with Crippen LogP contribution in [0.4, 0.5) is 0 Å². The van der Waals surface area contributed by atoms with Crippen LogP contribution in [0.15, 0.2) is 0 Å². The zero-order valence-corrected chi connectivity index (χ0v) is 15.5. The fraction of sp³-hybridized carbons (Fsp3) is 0.474. The molecular weight excluding hydrogens is 256 g/mol. The Balaban J connectivity index is 3.22. The van der Waals surface area contributed by atoms with E-state index < -0.39 is 8.80 Å². The summed E-state index contributed by atoms with van der Waals surface area (Å²) in [5, 5.41) is 4.73. The lowest BCUT2D eigenvalue weighted by molar-refractivity contribution is 1.23. The molecule has 0 saturated carbocycles. The molecule has 0 fully saturated rings. The van der Waals surface area contributed by atoms with Crippen LogP contribution in [0.25, 0.3) is 10.8 Å². The predicted molar refractivity (Wildman–Crippen MR) is 94.2 cm³/mol. The molecule has 0 nitrogen and oxygen atoms in total. The number of hydrogen-bond donors (Lipinski definition) is 0. The fourth-order valence-corrected chi connectivity index (χ4v) is 5.31. The van der Waals surface area contributed by atoms with Crippen molar-refractivity contribution in [2.75, 3.05) is 0 Å². The summed E-state index contributed by atoms with van der Waals surface area (Å²) in [4.78, 5) is 0. The van der Waals surface area contributed by atoms with Crippen LogP contribution in [0.5, 0.6) is 0 Å². The van der Waals surface area contributed by atoms with Crippen LogP contribution in [0.1, 0.15) is 38.9 Å². The molecular formula is C19H27Si. The van der Waals surface area contributed by atoms with Gasteiger partial charge in [0, 0.05) is 0 Å². The van der Waals surface area contributed by atoms with Gasteiger partial charge in [-0.15, -0.1) is 0 Å². The first-order chi connectivity index (χ1) is 9.20. The molecule has 0 aliphatic rings. The van der Waals surface area contributed by atoms with E-state index in [9.17, 15) is 0 Å². The average molecular weight is 284 g/mol. The maximum absolute atomic E-state index is 2.42. The molecule has 1 heteroatoms. The number of rotatable bonds is 1. The van der Waals surface area contributed by atoms with Crippen molar-refractivity contribution in [2.45, 2.75) is 61.6 Å². The van der Waals surface area contributed by atoms with Gasteiger partial charge in [0.2, 0.25) is 0 Å². The lowest BCUT2D eigenvalue weighted by Gasteiger charge is -2.24.